The molecule has 0 saturated carbocycles. The molecule has 0 aliphatic rings. The van der Waals surface area contributed by atoms with Gasteiger partial charge < -0.3 is 5.73 Å². The zero-order valence-corrected chi connectivity index (χ0v) is 10.7. The minimum absolute atomic E-state index is 0.0418. The maximum absolute atomic E-state index is 13.8. The Kier molecular flexibility index (Phi) is 2.82. The first-order valence-electron chi connectivity index (χ1n) is 6.05. The molecule has 0 atom stereocenters. The van der Waals surface area contributed by atoms with Crippen LogP contribution in [-0.2, 0) is 0 Å². The fraction of sp³-hybridized carbons (Fsp3) is 0.0667. The molecule has 0 aliphatic heterocycles. The van der Waals surface area contributed by atoms with Gasteiger partial charge in [-0.25, -0.2) is 18.7 Å². The van der Waals surface area contributed by atoms with Crippen molar-refractivity contribution in [3.63, 3.8) is 0 Å². The highest BCUT2D eigenvalue weighted by molar-refractivity contribution is 5.91. The van der Waals surface area contributed by atoms with Gasteiger partial charge in [0.25, 0.3) is 0 Å². The van der Waals surface area contributed by atoms with Crippen molar-refractivity contribution in [1.82, 2.24) is 9.97 Å². The topological polar surface area (TPSA) is 51.8 Å². The van der Waals surface area contributed by atoms with Crippen molar-refractivity contribution in [3.8, 4) is 11.4 Å². The molecule has 0 saturated heterocycles. The number of anilines is 1. The predicted molar refractivity (Wildman–Crippen MR) is 74.0 cm³/mol. The molecule has 3 aromatic rings. The Morgan fingerprint density at radius 1 is 0.950 bits per heavy atom. The second kappa shape index (κ2) is 4.52. The first kappa shape index (κ1) is 12.5. The molecule has 2 aromatic carbocycles. The number of aryl methyl sites for hydroxylation is 1. The van der Waals surface area contributed by atoms with Crippen LogP contribution < -0.4 is 5.73 Å². The van der Waals surface area contributed by atoms with E-state index in [-0.39, 0.29) is 17.2 Å². The molecule has 0 unspecified atom stereocenters. The van der Waals surface area contributed by atoms with Crippen LogP contribution in [0.3, 0.4) is 0 Å². The summed E-state index contributed by atoms with van der Waals surface area (Å²) in [5, 5.41) is 0.672. The van der Waals surface area contributed by atoms with Gasteiger partial charge in [-0.1, -0.05) is 18.2 Å². The average molecular weight is 271 g/mol. The summed E-state index contributed by atoms with van der Waals surface area (Å²) in [7, 11) is 0. The normalized spacial score (nSPS) is 10.9. The molecule has 1 aromatic heterocycles. The van der Waals surface area contributed by atoms with Crippen LogP contribution >= 0.6 is 0 Å². The van der Waals surface area contributed by atoms with Gasteiger partial charge in [0.05, 0.1) is 11.1 Å². The van der Waals surface area contributed by atoms with E-state index < -0.39 is 11.6 Å². The molecule has 0 bridgehead atoms. The lowest BCUT2D eigenvalue weighted by molar-refractivity contribution is 0.587. The number of benzene rings is 2. The zero-order valence-electron chi connectivity index (χ0n) is 10.7. The van der Waals surface area contributed by atoms with E-state index in [9.17, 15) is 8.78 Å². The summed E-state index contributed by atoms with van der Waals surface area (Å²) in [6, 6.07) is 9.10. The lowest BCUT2D eigenvalue weighted by Crippen LogP contribution is -2.01. The highest BCUT2D eigenvalue weighted by Crippen LogP contribution is 2.28. The van der Waals surface area contributed by atoms with E-state index in [1.165, 1.54) is 18.2 Å². The van der Waals surface area contributed by atoms with Crippen molar-refractivity contribution in [2.45, 2.75) is 6.92 Å². The van der Waals surface area contributed by atoms with E-state index in [1.807, 2.05) is 19.1 Å². The summed E-state index contributed by atoms with van der Waals surface area (Å²) in [6.07, 6.45) is 0. The molecule has 3 rings (SSSR count). The maximum Gasteiger partial charge on any atom is 0.168 e. The number of rotatable bonds is 1. The molecule has 100 valence electrons. The van der Waals surface area contributed by atoms with Crippen molar-refractivity contribution in [2.75, 3.05) is 5.73 Å². The van der Waals surface area contributed by atoms with Crippen LogP contribution in [0, 0.1) is 18.6 Å². The molecule has 5 heteroatoms. The number of para-hydroxylation sites is 1. The minimum Gasteiger partial charge on any atom is -0.383 e. The van der Waals surface area contributed by atoms with Gasteiger partial charge in [-0.15, -0.1) is 0 Å². The van der Waals surface area contributed by atoms with Crippen molar-refractivity contribution in [2.24, 2.45) is 0 Å². The van der Waals surface area contributed by atoms with E-state index in [4.69, 9.17) is 5.73 Å². The Bertz CT molecular complexity index is 795. The van der Waals surface area contributed by atoms with Gasteiger partial charge in [-0.05, 0) is 30.7 Å². The van der Waals surface area contributed by atoms with Gasteiger partial charge in [-0.3, -0.25) is 0 Å². The number of nitrogens with zero attached hydrogens (tertiary/aromatic N) is 2. The summed E-state index contributed by atoms with van der Waals surface area (Å²) in [5.41, 5.74) is 7.07. The fourth-order valence-electron chi connectivity index (χ4n) is 2.14. The molecule has 0 spiro atoms. The minimum atomic E-state index is -0.711. The molecular weight excluding hydrogens is 260 g/mol. The summed E-state index contributed by atoms with van der Waals surface area (Å²) >= 11 is 0. The predicted octanol–water partition coefficient (Wildman–Crippen LogP) is 3.47. The van der Waals surface area contributed by atoms with E-state index in [0.29, 0.717) is 10.9 Å². The second-order valence-corrected chi connectivity index (χ2v) is 4.50. The number of hydrogen-bond donors (Lipinski definition) is 1. The maximum atomic E-state index is 13.8. The van der Waals surface area contributed by atoms with Crippen LogP contribution in [0.2, 0.25) is 0 Å². The molecule has 1 heterocycles. The van der Waals surface area contributed by atoms with E-state index in [1.54, 1.807) is 6.07 Å². The van der Waals surface area contributed by atoms with Crippen LogP contribution in [-0.4, -0.2) is 9.97 Å². The van der Waals surface area contributed by atoms with E-state index in [2.05, 4.69) is 9.97 Å². The Morgan fingerprint density at radius 2 is 1.60 bits per heavy atom. The third kappa shape index (κ3) is 1.87. The van der Waals surface area contributed by atoms with Crippen molar-refractivity contribution < 1.29 is 8.78 Å². The largest absolute Gasteiger partial charge is 0.383 e. The number of nitrogens with two attached hydrogens (primary N) is 1. The number of nitrogen functional groups attached to an aromatic ring is 1. The van der Waals surface area contributed by atoms with Gasteiger partial charge in [-0.2, -0.15) is 0 Å². The summed E-state index contributed by atoms with van der Waals surface area (Å²) in [5.74, 6) is -1.26. The number of fused-ring (bicyclic) bond motifs is 1. The fourth-order valence-corrected chi connectivity index (χ4v) is 2.14. The first-order valence-corrected chi connectivity index (χ1v) is 6.05. The van der Waals surface area contributed by atoms with Crippen LogP contribution in [0.25, 0.3) is 22.3 Å². The molecule has 0 fully saturated rings. The molecule has 0 radical (unpaired) electrons. The standard InChI is InChI=1S/C15H11F2N3/c1-8-4-2-5-9-13(8)19-15(20-14(9)18)12-10(16)6-3-7-11(12)17/h2-7H,1H3,(H2,18,19,20). The Labute approximate surface area is 114 Å². The third-order valence-corrected chi connectivity index (χ3v) is 3.14. The third-order valence-electron chi connectivity index (χ3n) is 3.14. The molecular formula is C15H11F2N3. The lowest BCUT2D eigenvalue weighted by Gasteiger charge is -2.08. The molecule has 3 nitrogen and oxygen atoms in total. The summed E-state index contributed by atoms with van der Waals surface area (Å²) in [6.45, 7) is 1.86. The van der Waals surface area contributed by atoms with Gasteiger partial charge in [0.1, 0.15) is 17.5 Å². The number of hydrogen-bond acceptors (Lipinski definition) is 3. The summed E-state index contributed by atoms with van der Waals surface area (Å²) in [4.78, 5) is 8.28. The Balaban J connectivity index is 2.36. The molecule has 0 aliphatic carbocycles. The first-order chi connectivity index (χ1) is 9.58. The smallest absolute Gasteiger partial charge is 0.168 e. The van der Waals surface area contributed by atoms with Crippen molar-refractivity contribution in [1.29, 1.82) is 0 Å². The van der Waals surface area contributed by atoms with Gasteiger partial charge in [0, 0.05) is 5.39 Å². The highest BCUT2D eigenvalue weighted by atomic mass is 19.1. The quantitative estimate of drug-likeness (QED) is 0.737. The lowest BCUT2D eigenvalue weighted by atomic mass is 10.1. The summed E-state index contributed by atoms with van der Waals surface area (Å²) < 4.78 is 27.6. The van der Waals surface area contributed by atoms with Crippen molar-refractivity contribution in [3.05, 3.63) is 53.6 Å². The zero-order chi connectivity index (χ0) is 14.3. The average Bonchev–Trinajstić information content (AvgIpc) is 2.40. The Hall–Kier alpha value is -2.56. The van der Waals surface area contributed by atoms with Gasteiger partial charge >= 0.3 is 0 Å². The SMILES string of the molecule is Cc1cccc2c(N)nc(-c3c(F)cccc3F)nc12. The highest BCUT2D eigenvalue weighted by Gasteiger charge is 2.16. The molecule has 20 heavy (non-hydrogen) atoms. The monoisotopic (exact) mass is 271 g/mol. The van der Waals surface area contributed by atoms with Crippen molar-refractivity contribution >= 4 is 16.7 Å². The van der Waals surface area contributed by atoms with Gasteiger partial charge in [0.15, 0.2) is 5.82 Å². The van der Waals surface area contributed by atoms with E-state index in [0.717, 1.165) is 5.56 Å². The number of halogens is 2. The van der Waals surface area contributed by atoms with Crippen LogP contribution in [0.4, 0.5) is 14.6 Å². The van der Waals surface area contributed by atoms with Crippen LogP contribution in [0.5, 0.6) is 0 Å². The second-order valence-electron chi connectivity index (χ2n) is 4.50. The molecule has 0 amide bonds. The number of aromatic nitrogens is 2. The molecule has 2 N–H and O–H groups in total. The van der Waals surface area contributed by atoms with Gasteiger partial charge in [0.2, 0.25) is 0 Å². The van der Waals surface area contributed by atoms with E-state index >= 15 is 0 Å². The van der Waals surface area contributed by atoms with Crippen LogP contribution in [0.15, 0.2) is 36.4 Å². The Morgan fingerprint density at radius 3 is 2.30 bits per heavy atom. The van der Waals surface area contributed by atoms with Crippen LogP contribution in [0.1, 0.15) is 5.56 Å².